The molecule has 2 rings (SSSR count). The van der Waals surface area contributed by atoms with Crippen molar-refractivity contribution in [2.75, 3.05) is 0 Å². The van der Waals surface area contributed by atoms with Gasteiger partial charge in [0.15, 0.2) is 0 Å². The average Bonchev–Trinajstić information content (AvgIpc) is 2.65. The Hall–Kier alpha value is -1.55. The Morgan fingerprint density at radius 2 is 2.00 bits per heavy atom. The van der Waals surface area contributed by atoms with E-state index in [4.69, 9.17) is 10.8 Å². The van der Waals surface area contributed by atoms with E-state index in [-0.39, 0.29) is 23.7 Å². The van der Waals surface area contributed by atoms with Crippen LogP contribution in [-0.2, 0) is 0 Å². The van der Waals surface area contributed by atoms with Gasteiger partial charge in [-0.3, -0.25) is 4.79 Å². The normalized spacial score (nSPS) is 24.3. The first-order chi connectivity index (χ1) is 7.66. The van der Waals surface area contributed by atoms with E-state index in [1.54, 1.807) is 12.1 Å². The van der Waals surface area contributed by atoms with Crippen molar-refractivity contribution < 1.29 is 9.90 Å². The van der Waals surface area contributed by atoms with E-state index in [9.17, 15) is 4.79 Å². The molecule has 1 aliphatic carbocycles. The lowest BCUT2D eigenvalue weighted by molar-refractivity contribution is 0.0934. The summed E-state index contributed by atoms with van der Waals surface area (Å²) in [5, 5.41) is 12.0. The molecule has 0 bridgehead atoms. The van der Waals surface area contributed by atoms with Gasteiger partial charge in [-0.1, -0.05) is 0 Å². The fourth-order valence-corrected chi connectivity index (χ4v) is 2.03. The van der Waals surface area contributed by atoms with Gasteiger partial charge in [-0.25, -0.2) is 0 Å². The Balaban J connectivity index is 2.00. The van der Waals surface area contributed by atoms with Gasteiger partial charge in [-0.15, -0.1) is 0 Å². The molecular weight excluding hydrogens is 204 g/mol. The maximum atomic E-state index is 11.8. The van der Waals surface area contributed by atoms with E-state index in [1.807, 2.05) is 0 Å². The molecule has 1 amide bonds. The summed E-state index contributed by atoms with van der Waals surface area (Å²) in [7, 11) is 0. The van der Waals surface area contributed by atoms with E-state index >= 15 is 0 Å². The molecule has 1 aromatic rings. The number of amides is 1. The molecule has 0 saturated heterocycles. The molecule has 0 aromatic heterocycles. The molecule has 4 heteroatoms. The number of carbonyl (C=O) groups is 1. The smallest absolute Gasteiger partial charge is 0.251 e. The second kappa shape index (κ2) is 4.53. The number of nitrogens with one attached hydrogen (secondary N) is 1. The van der Waals surface area contributed by atoms with Crippen LogP contribution in [0, 0.1) is 0 Å². The molecule has 1 saturated carbocycles. The highest BCUT2D eigenvalue weighted by Gasteiger charge is 2.25. The van der Waals surface area contributed by atoms with Gasteiger partial charge in [-0.2, -0.15) is 0 Å². The quantitative estimate of drug-likeness (QED) is 0.696. The number of aromatic hydroxyl groups is 1. The van der Waals surface area contributed by atoms with Crippen LogP contribution in [0.2, 0.25) is 0 Å². The first-order valence-electron chi connectivity index (χ1n) is 5.52. The summed E-state index contributed by atoms with van der Waals surface area (Å²) in [6, 6.07) is 6.37. The van der Waals surface area contributed by atoms with Crippen molar-refractivity contribution in [1.82, 2.24) is 5.32 Å². The van der Waals surface area contributed by atoms with Gasteiger partial charge >= 0.3 is 0 Å². The van der Waals surface area contributed by atoms with Crippen LogP contribution < -0.4 is 11.1 Å². The van der Waals surface area contributed by atoms with E-state index in [2.05, 4.69) is 5.32 Å². The summed E-state index contributed by atoms with van der Waals surface area (Å²) >= 11 is 0. The van der Waals surface area contributed by atoms with Gasteiger partial charge in [0.1, 0.15) is 5.75 Å². The first kappa shape index (κ1) is 11.0. The van der Waals surface area contributed by atoms with Gasteiger partial charge < -0.3 is 16.2 Å². The lowest BCUT2D eigenvalue weighted by Gasteiger charge is -2.17. The summed E-state index contributed by atoms with van der Waals surface area (Å²) in [5.74, 6) is 0.0384. The molecule has 0 radical (unpaired) electrons. The molecule has 0 heterocycles. The van der Waals surface area contributed by atoms with E-state index in [0.29, 0.717) is 5.56 Å². The molecular formula is C12H16N2O2. The van der Waals surface area contributed by atoms with E-state index < -0.39 is 0 Å². The number of hydrogen-bond donors (Lipinski definition) is 3. The SMILES string of the molecule is NC1CCCC1NC(=O)c1ccc(O)cc1. The first-order valence-corrected chi connectivity index (χ1v) is 5.52. The zero-order valence-electron chi connectivity index (χ0n) is 9.02. The fraction of sp³-hybridized carbons (Fsp3) is 0.417. The Morgan fingerprint density at radius 1 is 1.31 bits per heavy atom. The minimum Gasteiger partial charge on any atom is -0.508 e. The van der Waals surface area contributed by atoms with Crippen molar-refractivity contribution in [1.29, 1.82) is 0 Å². The molecule has 2 unspecified atom stereocenters. The Kier molecular flexibility index (Phi) is 3.10. The van der Waals surface area contributed by atoms with Crippen LogP contribution >= 0.6 is 0 Å². The minimum absolute atomic E-state index is 0.0704. The van der Waals surface area contributed by atoms with Gasteiger partial charge in [-0.05, 0) is 43.5 Å². The summed E-state index contributed by atoms with van der Waals surface area (Å²) in [5.41, 5.74) is 6.43. The summed E-state index contributed by atoms with van der Waals surface area (Å²) in [4.78, 5) is 11.8. The summed E-state index contributed by atoms with van der Waals surface area (Å²) < 4.78 is 0. The molecule has 16 heavy (non-hydrogen) atoms. The average molecular weight is 220 g/mol. The van der Waals surface area contributed by atoms with Gasteiger partial charge in [0.25, 0.3) is 5.91 Å². The lowest BCUT2D eigenvalue weighted by Crippen LogP contribution is -2.43. The summed E-state index contributed by atoms with van der Waals surface area (Å²) in [6.07, 6.45) is 2.99. The molecule has 86 valence electrons. The van der Waals surface area contributed by atoms with Crippen molar-refractivity contribution in [3.05, 3.63) is 29.8 Å². The van der Waals surface area contributed by atoms with Crippen LogP contribution in [0.15, 0.2) is 24.3 Å². The van der Waals surface area contributed by atoms with Crippen molar-refractivity contribution in [2.45, 2.75) is 31.3 Å². The maximum absolute atomic E-state index is 11.8. The fourth-order valence-electron chi connectivity index (χ4n) is 2.03. The molecule has 2 atom stereocenters. The highest BCUT2D eigenvalue weighted by molar-refractivity contribution is 5.94. The van der Waals surface area contributed by atoms with Crippen LogP contribution in [0.5, 0.6) is 5.75 Å². The third-order valence-corrected chi connectivity index (χ3v) is 3.02. The highest BCUT2D eigenvalue weighted by atomic mass is 16.3. The van der Waals surface area contributed by atoms with Crippen molar-refractivity contribution >= 4 is 5.91 Å². The van der Waals surface area contributed by atoms with Crippen molar-refractivity contribution in [3.8, 4) is 5.75 Å². The molecule has 0 spiro atoms. The second-order valence-corrected chi connectivity index (χ2v) is 4.22. The Bertz CT molecular complexity index is 375. The van der Waals surface area contributed by atoms with Crippen LogP contribution in [0.1, 0.15) is 29.6 Å². The predicted octanol–water partition coefficient (Wildman–Crippen LogP) is 1.00. The third-order valence-electron chi connectivity index (χ3n) is 3.02. The van der Waals surface area contributed by atoms with Gasteiger partial charge in [0, 0.05) is 17.6 Å². The lowest BCUT2D eigenvalue weighted by atomic mass is 10.1. The number of rotatable bonds is 2. The number of carbonyl (C=O) groups excluding carboxylic acids is 1. The van der Waals surface area contributed by atoms with Crippen molar-refractivity contribution in [3.63, 3.8) is 0 Å². The van der Waals surface area contributed by atoms with Crippen LogP contribution in [0.25, 0.3) is 0 Å². The highest BCUT2D eigenvalue weighted by Crippen LogP contribution is 2.18. The Morgan fingerprint density at radius 3 is 2.56 bits per heavy atom. The second-order valence-electron chi connectivity index (χ2n) is 4.22. The topological polar surface area (TPSA) is 75.3 Å². The Labute approximate surface area is 94.5 Å². The number of nitrogens with two attached hydrogens (primary N) is 1. The monoisotopic (exact) mass is 220 g/mol. The molecule has 4 N–H and O–H groups in total. The van der Waals surface area contributed by atoms with Crippen LogP contribution in [0.3, 0.4) is 0 Å². The minimum atomic E-state index is -0.123. The van der Waals surface area contributed by atoms with E-state index in [0.717, 1.165) is 19.3 Å². The maximum Gasteiger partial charge on any atom is 0.251 e. The van der Waals surface area contributed by atoms with Crippen molar-refractivity contribution in [2.24, 2.45) is 5.73 Å². The molecule has 4 nitrogen and oxygen atoms in total. The number of phenols is 1. The standard InChI is InChI=1S/C12H16N2O2/c13-10-2-1-3-11(10)14-12(16)8-4-6-9(15)7-5-8/h4-7,10-11,15H,1-3,13H2,(H,14,16). The zero-order chi connectivity index (χ0) is 11.5. The van der Waals surface area contributed by atoms with E-state index in [1.165, 1.54) is 12.1 Å². The van der Waals surface area contributed by atoms with Crippen LogP contribution in [-0.4, -0.2) is 23.1 Å². The molecule has 1 aliphatic rings. The largest absolute Gasteiger partial charge is 0.508 e. The van der Waals surface area contributed by atoms with Crippen LogP contribution in [0.4, 0.5) is 0 Å². The van der Waals surface area contributed by atoms with Gasteiger partial charge in [0.2, 0.25) is 0 Å². The predicted molar refractivity (Wildman–Crippen MR) is 61.2 cm³/mol. The molecule has 0 aliphatic heterocycles. The molecule has 1 fully saturated rings. The molecule has 1 aromatic carbocycles. The number of phenolic OH excluding ortho intramolecular Hbond substituents is 1. The summed E-state index contributed by atoms with van der Waals surface area (Å²) in [6.45, 7) is 0. The number of benzene rings is 1. The van der Waals surface area contributed by atoms with Gasteiger partial charge in [0.05, 0.1) is 0 Å². The zero-order valence-corrected chi connectivity index (χ0v) is 9.02. The number of hydrogen-bond acceptors (Lipinski definition) is 3. The third kappa shape index (κ3) is 2.33.